The molecule has 1 atom stereocenters. The van der Waals surface area contributed by atoms with Gasteiger partial charge in [0.2, 0.25) is 0 Å². The van der Waals surface area contributed by atoms with Gasteiger partial charge in [0.1, 0.15) is 0 Å². The monoisotopic (exact) mass is 328 g/mol. The lowest BCUT2D eigenvalue weighted by molar-refractivity contribution is 0.215. The molecule has 1 aromatic carbocycles. The molecule has 0 bridgehead atoms. The number of aliphatic hydroxyl groups is 1. The Balaban J connectivity index is 2.58. The molecule has 0 aliphatic heterocycles. The topological polar surface area (TPSA) is 35.5 Å². The van der Waals surface area contributed by atoms with Gasteiger partial charge in [0, 0.05) is 17.1 Å². The quantitative estimate of drug-likeness (QED) is 0.731. The highest BCUT2D eigenvalue weighted by molar-refractivity contribution is 9.10. The third kappa shape index (κ3) is 6.52. The van der Waals surface area contributed by atoms with Crippen LogP contribution in [0.1, 0.15) is 31.4 Å². The molecular weight excluding hydrogens is 304 g/mol. The van der Waals surface area contributed by atoms with E-state index in [0.717, 1.165) is 36.9 Å². The molecule has 1 aromatic rings. The summed E-state index contributed by atoms with van der Waals surface area (Å²) in [4.78, 5) is 2.17. The van der Waals surface area contributed by atoms with Gasteiger partial charge in [-0.15, -0.1) is 0 Å². The molecule has 1 unspecified atom stereocenters. The molecule has 0 radical (unpaired) electrons. The summed E-state index contributed by atoms with van der Waals surface area (Å²) in [6.07, 6.45) is 2.19. The lowest BCUT2D eigenvalue weighted by atomic mass is 10.0. The van der Waals surface area contributed by atoms with Crippen molar-refractivity contribution in [3.8, 4) is 0 Å². The van der Waals surface area contributed by atoms with Crippen LogP contribution >= 0.6 is 15.9 Å². The van der Waals surface area contributed by atoms with Crippen LogP contribution in [0.15, 0.2) is 28.7 Å². The summed E-state index contributed by atoms with van der Waals surface area (Å²) >= 11 is 3.47. The molecule has 19 heavy (non-hydrogen) atoms. The maximum atomic E-state index is 8.93. The van der Waals surface area contributed by atoms with Crippen LogP contribution in [0.2, 0.25) is 0 Å². The Hall–Kier alpha value is -0.420. The molecule has 2 N–H and O–H groups in total. The van der Waals surface area contributed by atoms with Crippen molar-refractivity contribution in [1.82, 2.24) is 10.2 Å². The van der Waals surface area contributed by atoms with Crippen LogP contribution < -0.4 is 5.32 Å². The van der Waals surface area contributed by atoms with E-state index in [1.165, 1.54) is 5.56 Å². The molecule has 0 heterocycles. The van der Waals surface area contributed by atoms with Gasteiger partial charge in [0.25, 0.3) is 0 Å². The van der Waals surface area contributed by atoms with E-state index in [4.69, 9.17) is 5.11 Å². The van der Waals surface area contributed by atoms with E-state index >= 15 is 0 Å². The molecule has 0 aliphatic rings. The predicted molar refractivity (Wildman–Crippen MR) is 84.4 cm³/mol. The molecule has 0 aromatic heterocycles. The molecule has 108 valence electrons. The van der Waals surface area contributed by atoms with Crippen molar-refractivity contribution < 1.29 is 5.11 Å². The number of nitrogens with one attached hydrogen (secondary N) is 1. The summed E-state index contributed by atoms with van der Waals surface area (Å²) in [6.45, 7) is 5.16. The van der Waals surface area contributed by atoms with E-state index in [9.17, 15) is 0 Å². The van der Waals surface area contributed by atoms with Gasteiger partial charge >= 0.3 is 0 Å². The second-order valence-corrected chi connectivity index (χ2v) is 5.79. The van der Waals surface area contributed by atoms with Crippen molar-refractivity contribution in [3.63, 3.8) is 0 Å². The molecule has 1 rings (SSSR count). The van der Waals surface area contributed by atoms with E-state index in [0.29, 0.717) is 6.04 Å². The fourth-order valence-corrected chi connectivity index (χ4v) is 2.30. The number of likely N-dealkylation sites (N-methyl/N-ethyl adjacent to an activating group) is 1. The first kappa shape index (κ1) is 16.6. The zero-order chi connectivity index (χ0) is 14.1. The minimum Gasteiger partial charge on any atom is -0.395 e. The van der Waals surface area contributed by atoms with Gasteiger partial charge in [-0.1, -0.05) is 35.0 Å². The van der Waals surface area contributed by atoms with Gasteiger partial charge < -0.3 is 15.3 Å². The first-order valence-corrected chi connectivity index (χ1v) is 7.75. The third-order valence-corrected chi connectivity index (χ3v) is 3.72. The van der Waals surface area contributed by atoms with Crippen molar-refractivity contribution in [1.29, 1.82) is 0 Å². The Morgan fingerprint density at radius 3 is 2.53 bits per heavy atom. The lowest BCUT2D eigenvalue weighted by Gasteiger charge is -2.22. The van der Waals surface area contributed by atoms with Gasteiger partial charge in [-0.25, -0.2) is 0 Å². The van der Waals surface area contributed by atoms with E-state index in [-0.39, 0.29) is 6.61 Å². The first-order valence-electron chi connectivity index (χ1n) is 6.95. The van der Waals surface area contributed by atoms with E-state index in [1.807, 2.05) is 0 Å². The van der Waals surface area contributed by atoms with Crippen molar-refractivity contribution in [3.05, 3.63) is 34.3 Å². The molecule has 0 aliphatic carbocycles. The number of hydrogen-bond acceptors (Lipinski definition) is 3. The Kier molecular flexibility index (Phi) is 8.30. The molecule has 0 spiro atoms. The molecule has 0 amide bonds. The van der Waals surface area contributed by atoms with Gasteiger partial charge in [0.05, 0.1) is 6.61 Å². The molecule has 0 saturated carbocycles. The van der Waals surface area contributed by atoms with Crippen LogP contribution in [0.4, 0.5) is 0 Å². The molecule has 0 saturated heterocycles. The van der Waals surface area contributed by atoms with Crippen molar-refractivity contribution >= 4 is 15.9 Å². The van der Waals surface area contributed by atoms with Crippen LogP contribution in [0.3, 0.4) is 0 Å². The Morgan fingerprint density at radius 2 is 1.95 bits per heavy atom. The van der Waals surface area contributed by atoms with E-state index in [2.05, 4.69) is 64.4 Å². The fourth-order valence-electron chi connectivity index (χ4n) is 2.03. The summed E-state index contributed by atoms with van der Waals surface area (Å²) in [7, 11) is 2.05. The predicted octanol–water partition coefficient (Wildman–Crippen LogP) is 2.80. The minimum atomic E-state index is 0.224. The number of rotatable bonds is 9. The number of nitrogens with zero attached hydrogens (tertiary/aromatic N) is 1. The molecular formula is C15H25BrN2O. The maximum absolute atomic E-state index is 8.93. The van der Waals surface area contributed by atoms with Crippen LogP contribution in [-0.2, 0) is 0 Å². The summed E-state index contributed by atoms with van der Waals surface area (Å²) in [6, 6.07) is 8.91. The van der Waals surface area contributed by atoms with E-state index < -0.39 is 0 Å². The molecule has 4 heteroatoms. The Bertz CT molecular complexity index is 343. The Labute approximate surface area is 125 Å². The molecule has 0 fully saturated rings. The van der Waals surface area contributed by atoms with Crippen LogP contribution in [0.5, 0.6) is 0 Å². The second kappa shape index (κ2) is 9.48. The second-order valence-electron chi connectivity index (χ2n) is 4.87. The normalized spacial score (nSPS) is 12.9. The van der Waals surface area contributed by atoms with Gasteiger partial charge in [-0.2, -0.15) is 0 Å². The number of hydrogen-bond donors (Lipinski definition) is 2. The van der Waals surface area contributed by atoms with Crippen LogP contribution in [-0.4, -0.2) is 43.3 Å². The highest BCUT2D eigenvalue weighted by Crippen LogP contribution is 2.20. The minimum absolute atomic E-state index is 0.224. The zero-order valence-corrected chi connectivity index (χ0v) is 13.5. The van der Waals surface area contributed by atoms with E-state index in [1.54, 1.807) is 0 Å². The maximum Gasteiger partial charge on any atom is 0.0558 e. The summed E-state index contributed by atoms with van der Waals surface area (Å²) in [5, 5.41) is 12.5. The number of aliphatic hydroxyl groups excluding tert-OH is 1. The average Bonchev–Trinajstić information content (AvgIpc) is 2.40. The third-order valence-electron chi connectivity index (χ3n) is 3.19. The standard InChI is InChI=1S/C15H25BrN2O/c1-3-9-17-15(8-10-18(2)11-12-19)13-4-6-14(16)7-5-13/h4-7,15,17,19H,3,8-12H2,1-2H3. The summed E-state index contributed by atoms with van der Waals surface area (Å²) in [5.41, 5.74) is 1.33. The number of halogens is 1. The van der Waals surface area contributed by atoms with Gasteiger partial charge in [0.15, 0.2) is 0 Å². The first-order chi connectivity index (χ1) is 9.17. The summed E-state index contributed by atoms with van der Waals surface area (Å²) in [5.74, 6) is 0. The van der Waals surface area contributed by atoms with Crippen LogP contribution in [0.25, 0.3) is 0 Å². The molecule has 3 nitrogen and oxygen atoms in total. The summed E-state index contributed by atoms with van der Waals surface area (Å²) < 4.78 is 1.11. The fraction of sp³-hybridized carbons (Fsp3) is 0.600. The van der Waals surface area contributed by atoms with Crippen LogP contribution in [0, 0.1) is 0 Å². The highest BCUT2D eigenvalue weighted by Gasteiger charge is 2.11. The number of benzene rings is 1. The van der Waals surface area contributed by atoms with Crippen molar-refractivity contribution in [2.24, 2.45) is 0 Å². The average molecular weight is 329 g/mol. The largest absolute Gasteiger partial charge is 0.395 e. The smallest absolute Gasteiger partial charge is 0.0558 e. The Morgan fingerprint density at radius 1 is 1.26 bits per heavy atom. The van der Waals surface area contributed by atoms with Crippen molar-refractivity contribution in [2.45, 2.75) is 25.8 Å². The highest BCUT2D eigenvalue weighted by atomic mass is 79.9. The lowest BCUT2D eigenvalue weighted by Crippen LogP contribution is -2.29. The SMILES string of the molecule is CCCNC(CCN(C)CCO)c1ccc(Br)cc1. The van der Waals surface area contributed by atoms with Gasteiger partial charge in [-0.05, 0) is 50.7 Å². The van der Waals surface area contributed by atoms with Gasteiger partial charge in [-0.3, -0.25) is 0 Å². The zero-order valence-electron chi connectivity index (χ0n) is 11.9. The van der Waals surface area contributed by atoms with Crippen molar-refractivity contribution in [2.75, 3.05) is 33.3 Å².